The lowest BCUT2D eigenvalue weighted by atomic mass is 10.0. The summed E-state index contributed by atoms with van der Waals surface area (Å²) < 4.78 is 0. The fourth-order valence-electron chi connectivity index (χ4n) is 2.19. The second kappa shape index (κ2) is 9.11. The molecule has 2 heteroatoms. The Labute approximate surface area is 119 Å². The Balaban J connectivity index is 2.33. The predicted octanol–water partition coefficient (Wildman–Crippen LogP) is 3.63. The number of hydrogen-bond acceptors (Lipinski definition) is 2. The maximum Gasteiger partial charge on any atom is 0.0291 e. The maximum absolute atomic E-state index is 3.59. The third-order valence-electron chi connectivity index (χ3n) is 3.53. The fourth-order valence-corrected chi connectivity index (χ4v) is 2.19. The Morgan fingerprint density at radius 3 is 2.37 bits per heavy atom. The quantitative estimate of drug-likeness (QED) is 0.684. The molecule has 0 aromatic heterocycles. The van der Waals surface area contributed by atoms with E-state index in [0.29, 0.717) is 6.04 Å². The van der Waals surface area contributed by atoms with Crippen LogP contribution in [0, 0.1) is 0 Å². The number of nitrogens with zero attached hydrogens (tertiary/aromatic N) is 1. The lowest BCUT2D eigenvalue weighted by Crippen LogP contribution is -2.23. The monoisotopic (exact) mass is 262 g/mol. The van der Waals surface area contributed by atoms with Crippen LogP contribution in [0.15, 0.2) is 24.3 Å². The highest BCUT2D eigenvalue weighted by atomic mass is 15.1. The standard InChI is InChI=1S/C17H30N2/c1-5-6-8-16-9-11-17(12-10-16)15(2)18-13-7-14-19(3)4/h9-12,15,18H,5-8,13-14H2,1-4H3. The van der Waals surface area contributed by atoms with Gasteiger partial charge in [0.1, 0.15) is 0 Å². The number of hydrogen-bond donors (Lipinski definition) is 1. The zero-order valence-electron chi connectivity index (χ0n) is 13.1. The minimum absolute atomic E-state index is 0.447. The van der Waals surface area contributed by atoms with Gasteiger partial charge in [0, 0.05) is 6.04 Å². The van der Waals surface area contributed by atoms with Gasteiger partial charge in [-0.25, -0.2) is 0 Å². The molecule has 0 amide bonds. The van der Waals surface area contributed by atoms with Crippen molar-refractivity contribution in [1.29, 1.82) is 0 Å². The molecular weight excluding hydrogens is 232 g/mol. The van der Waals surface area contributed by atoms with Gasteiger partial charge in [0.15, 0.2) is 0 Å². The molecule has 1 N–H and O–H groups in total. The van der Waals surface area contributed by atoms with Gasteiger partial charge in [-0.2, -0.15) is 0 Å². The van der Waals surface area contributed by atoms with Crippen molar-refractivity contribution in [2.24, 2.45) is 0 Å². The van der Waals surface area contributed by atoms with Crippen molar-refractivity contribution in [3.05, 3.63) is 35.4 Å². The van der Waals surface area contributed by atoms with E-state index >= 15 is 0 Å². The van der Waals surface area contributed by atoms with Gasteiger partial charge in [-0.15, -0.1) is 0 Å². The molecule has 0 heterocycles. The summed E-state index contributed by atoms with van der Waals surface area (Å²) in [5.74, 6) is 0. The smallest absolute Gasteiger partial charge is 0.0291 e. The predicted molar refractivity (Wildman–Crippen MR) is 84.6 cm³/mol. The molecule has 1 aromatic carbocycles. The van der Waals surface area contributed by atoms with E-state index in [-0.39, 0.29) is 0 Å². The Hall–Kier alpha value is -0.860. The van der Waals surface area contributed by atoms with Crippen molar-refractivity contribution >= 4 is 0 Å². The molecule has 0 saturated heterocycles. The molecular formula is C17H30N2. The van der Waals surface area contributed by atoms with Gasteiger partial charge in [-0.05, 0) is 64.5 Å². The summed E-state index contributed by atoms with van der Waals surface area (Å²) in [6, 6.07) is 9.55. The van der Waals surface area contributed by atoms with Crippen LogP contribution in [0.1, 0.15) is 50.3 Å². The molecule has 1 rings (SSSR count). The molecule has 1 unspecified atom stereocenters. The van der Waals surface area contributed by atoms with Crippen molar-refractivity contribution < 1.29 is 0 Å². The van der Waals surface area contributed by atoms with Gasteiger partial charge in [0.05, 0.1) is 0 Å². The molecule has 0 fully saturated rings. The third-order valence-corrected chi connectivity index (χ3v) is 3.53. The molecule has 0 aliphatic carbocycles. The van der Waals surface area contributed by atoms with E-state index in [4.69, 9.17) is 0 Å². The SMILES string of the molecule is CCCCc1ccc(C(C)NCCCN(C)C)cc1. The maximum atomic E-state index is 3.59. The van der Waals surface area contributed by atoms with E-state index < -0.39 is 0 Å². The number of unbranched alkanes of at least 4 members (excludes halogenated alkanes) is 1. The van der Waals surface area contributed by atoms with Crippen molar-refractivity contribution in [3.8, 4) is 0 Å². The van der Waals surface area contributed by atoms with Crippen LogP contribution in [0.5, 0.6) is 0 Å². The summed E-state index contributed by atoms with van der Waals surface area (Å²) in [4.78, 5) is 2.23. The highest BCUT2D eigenvalue weighted by Crippen LogP contribution is 2.14. The first-order valence-electron chi connectivity index (χ1n) is 7.60. The van der Waals surface area contributed by atoms with Crippen molar-refractivity contribution in [1.82, 2.24) is 10.2 Å². The molecule has 0 bridgehead atoms. The van der Waals surface area contributed by atoms with Crippen LogP contribution in [-0.2, 0) is 6.42 Å². The highest BCUT2D eigenvalue weighted by Gasteiger charge is 2.04. The van der Waals surface area contributed by atoms with E-state index in [1.54, 1.807) is 0 Å². The second-order valence-corrected chi connectivity index (χ2v) is 5.68. The molecule has 19 heavy (non-hydrogen) atoms. The average molecular weight is 262 g/mol. The van der Waals surface area contributed by atoms with Crippen LogP contribution in [0.25, 0.3) is 0 Å². The Morgan fingerprint density at radius 2 is 1.79 bits per heavy atom. The molecule has 0 saturated carbocycles. The Morgan fingerprint density at radius 1 is 1.11 bits per heavy atom. The van der Waals surface area contributed by atoms with Gasteiger partial charge in [0.2, 0.25) is 0 Å². The second-order valence-electron chi connectivity index (χ2n) is 5.68. The van der Waals surface area contributed by atoms with Crippen LogP contribution in [0.2, 0.25) is 0 Å². The largest absolute Gasteiger partial charge is 0.310 e. The minimum Gasteiger partial charge on any atom is -0.310 e. The zero-order valence-corrected chi connectivity index (χ0v) is 13.1. The van der Waals surface area contributed by atoms with Crippen molar-refractivity contribution in [3.63, 3.8) is 0 Å². The Bertz CT molecular complexity index is 330. The average Bonchev–Trinajstić information content (AvgIpc) is 2.41. The van der Waals surface area contributed by atoms with Gasteiger partial charge in [0.25, 0.3) is 0 Å². The van der Waals surface area contributed by atoms with E-state index in [2.05, 4.69) is 62.4 Å². The minimum atomic E-state index is 0.447. The normalized spacial score (nSPS) is 12.9. The number of benzene rings is 1. The summed E-state index contributed by atoms with van der Waals surface area (Å²) in [5.41, 5.74) is 2.86. The van der Waals surface area contributed by atoms with Crippen molar-refractivity contribution in [2.75, 3.05) is 27.2 Å². The first kappa shape index (κ1) is 16.2. The van der Waals surface area contributed by atoms with E-state index in [1.807, 2.05) is 0 Å². The summed E-state index contributed by atoms with van der Waals surface area (Å²) in [6.45, 7) is 6.72. The van der Waals surface area contributed by atoms with Gasteiger partial charge in [-0.1, -0.05) is 37.6 Å². The molecule has 0 radical (unpaired) electrons. The van der Waals surface area contributed by atoms with Crippen LogP contribution in [-0.4, -0.2) is 32.1 Å². The molecule has 1 atom stereocenters. The van der Waals surface area contributed by atoms with E-state index in [0.717, 1.165) is 13.1 Å². The molecule has 0 aliphatic heterocycles. The van der Waals surface area contributed by atoms with Crippen molar-refractivity contribution in [2.45, 2.75) is 45.6 Å². The number of rotatable bonds is 9. The van der Waals surface area contributed by atoms with E-state index in [9.17, 15) is 0 Å². The lowest BCUT2D eigenvalue weighted by Gasteiger charge is -2.16. The van der Waals surface area contributed by atoms with Gasteiger partial charge in [-0.3, -0.25) is 0 Å². The summed E-state index contributed by atoms with van der Waals surface area (Å²) in [6.07, 6.45) is 4.97. The summed E-state index contributed by atoms with van der Waals surface area (Å²) in [7, 11) is 4.25. The molecule has 1 aromatic rings. The number of aryl methyl sites for hydroxylation is 1. The van der Waals surface area contributed by atoms with E-state index in [1.165, 1.54) is 36.8 Å². The van der Waals surface area contributed by atoms with Crippen LogP contribution in [0.4, 0.5) is 0 Å². The third kappa shape index (κ3) is 6.74. The topological polar surface area (TPSA) is 15.3 Å². The summed E-state index contributed by atoms with van der Waals surface area (Å²) >= 11 is 0. The van der Waals surface area contributed by atoms with Crippen LogP contribution in [0.3, 0.4) is 0 Å². The molecule has 108 valence electrons. The first-order chi connectivity index (χ1) is 9.13. The van der Waals surface area contributed by atoms with Crippen LogP contribution >= 0.6 is 0 Å². The lowest BCUT2D eigenvalue weighted by molar-refractivity contribution is 0.389. The van der Waals surface area contributed by atoms with Crippen LogP contribution < -0.4 is 5.32 Å². The summed E-state index contributed by atoms with van der Waals surface area (Å²) in [5, 5.41) is 3.59. The fraction of sp³-hybridized carbons (Fsp3) is 0.647. The number of nitrogens with one attached hydrogen (secondary N) is 1. The van der Waals surface area contributed by atoms with Gasteiger partial charge < -0.3 is 10.2 Å². The highest BCUT2D eigenvalue weighted by molar-refractivity contribution is 5.24. The molecule has 0 aliphatic rings. The Kier molecular flexibility index (Phi) is 7.76. The molecule has 0 spiro atoms. The zero-order chi connectivity index (χ0) is 14.1. The molecule has 2 nitrogen and oxygen atoms in total. The first-order valence-corrected chi connectivity index (χ1v) is 7.60. The van der Waals surface area contributed by atoms with Gasteiger partial charge >= 0.3 is 0 Å².